The van der Waals surface area contributed by atoms with Crippen molar-refractivity contribution in [2.45, 2.75) is 23.5 Å². The molecule has 1 heterocycles. The van der Waals surface area contributed by atoms with Gasteiger partial charge in [0.15, 0.2) is 11.5 Å². The summed E-state index contributed by atoms with van der Waals surface area (Å²) in [4.78, 5) is 0.138. The second-order valence-corrected chi connectivity index (χ2v) is 7.75. The van der Waals surface area contributed by atoms with E-state index in [-0.39, 0.29) is 10.6 Å². The zero-order valence-corrected chi connectivity index (χ0v) is 14.2. The molecule has 0 fully saturated rings. The van der Waals surface area contributed by atoms with Crippen LogP contribution >= 0.6 is 0 Å². The van der Waals surface area contributed by atoms with Crippen molar-refractivity contribution in [1.82, 2.24) is 4.31 Å². The maximum Gasteiger partial charge on any atom is 0.243 e. The number of hydrogen-bond acceptors (Lipinski definition) is 5. The Labute approximate surface area is 141 Å². The van der Waals surface area contributed by atoms with E-state index in [0.717, 1.165) is 5.56 Å². The van der Waals surface area contributed by atoms with Crippen molar-refractivity contribution < 1.29 is 23.4 Å². The summed E-state index contributed by atoms with van der Waals surface area (Å²) in [6.07, 6.45) is -0.642. The number of aromatic hydroxyl groups is 1. The SMILES string of the molecule is COc1cc(C[C@@H]2[C@H](O)c3ccccc3S(=O)(=O)N2C)ccc1O. The highest BCUT2D eigenvalue weighted by Crippen LogP contribution is 2.37. The highest BCUT2D eigenvalue weighted by Gasteiger charge is 2.41. The summed E-state index contributed by atoms with van der Waals surface area (Å²) >= 11 is 0. The Hall–Kier alpha value is -2.09. The van der Waals surface area contributed by atoms with Crippen LogP contribution in [0.5, 0.6) is 11.5 Å². The number of aliphatic hydroxyl groups is 1. The highest BCUT2D eigenvalue weighted by atomic mass is 32.2. The number of nitrogens with zero attached hydrogens (tertiary/aromatic N) is 1. The molecule has 0 saturated heterocycles. The minimum Gasteiger partial charge on any atom is -0.504 e. The molecular weight excluding hydrogens is 330 g/mol. The summed E-state index contributed by atoms with van der Waals surface area (Å²) in [6, 6.07) is 10.7. The number of benzene rings is 2. The third kappa shape index (κ3) is 2.64. The lowest BCUT2D eigenvalue weighted by Gasteiger charge is -2.37. The van der Waals surface area contributed by atoms with Crippen molar-refractivity contribution in [1.29, 1.82) is 0 Å². The van der Waals surface area contributed by atoms with Gasteiger partial charge < -0.3 is 14.9 Å². The van der Waals surface area contributed by atoms with Crippen molar-refractivity contribution in [3.05, 3.63) is 53.6 Å². The first-order chi connectivity index (χ1) is 11.4. The molecule has 0 amide bonds. The van der Waals surface area contributed by atoms with E-state index in [9.17, 15) is 18.6 Å². The summed E-state index contributed by atoms with van der Waals surface area (Å²) in [7, 11) is -0.739. The number of ether oxygens (including phenoxy) is 1. The fourth-order valence-electron chi connectivity index (χ4n) is 3.03. The number of likely N-dealkylation sites (N-methyl/N-ethyl adjacent to an activating group) is 1. The van der Waals surface area contributed by atoms with Gasteiger partial charge in [0.05, 0.1) is 24.2 Å². The normalized spacial score (nSPS) is 22.8. The minimum atomic E-state index is -3.65. The van der Waals surface area contributed by atoms with Crippen LogP contribution in [0.2, 0.25) is 0 Å². The van der Waals surface area contributed by atoms with Gasteiger partial charge >= 0.3 is 0 Å². The number of rotatable bonds is 3. The van der Waals surface area contributed by atoms with Crippen molar-refractivity contribution in [3.8, 4) is 11.5 Å². The molecule has 0 radical (unpaired) electrons. The van der Waals surface area contributed by atoms with Crippen LogP contribution in [-0.2, 0) is 16.4 Å². The van der Waals surface area contributed by atoms with Crippen molar-refractivity contribution >= 4 is 10.0 Å². The molecule has 2 aromatic carbocycles. The second-order valence-electron chi connectivity index (χ2n) is 5.78. The van der Waals surface area contributed by atoms with E-state index in [4.69, 9.17) is 4.74 Å². The third-order valence-corrected chi connectivity index (χ3v) is 6.37. The number of phenols is 1. The van der Waals surface area contributed by atoms with E-state index in [1.54, 1.807) is 30.3 Å². The molecule has 1 aliphatic rings. The molecular formula is C17H19NO5S. The molecule has 0 spiro atoms. The topological polar surface area (TPSA) is 87.1 Å². The van der Waals surface area contributed by atoms with Crippen LogP contribution in [0.25, 0.3) is 0 Å². The molecule has 0 saturated carbocycles. The average molecular weight is 349 g/mol. The Morgan fingerprint density at radius 3 is 2.62 bits per heavy atom. The first-order valence-corrected chi connectivity index (χ1v) is 8.91. The van der Waals surface area contributed by atoms with Gasteiger partial charge in [0, 0.05) is 12.6 Å². The van der Waals surface area contributed by atoms with Crippen LogP contribution in [0.1, 0.15) is 17.2 Å². The Morgan fingerprint density at radius 2 is 1.92 bits per heavy atom. The number of hydrogen-bond donors (Lipinski definition) is 2. The molecule has 3 rings (SSSR count). The molecule has 2 atom stereocenters. The van der Waals surface area contributed by atoms with Crippen LogP contribution in [0.4, 0.5) is 0 Å². The third-order valence-electron chi connectivity index (χ3n) is 4.42. The molecule has 0 aliphatic carbocycles. The Balaban J connectivity index is 2.00. The molecule has 6 nitrogen and oxygen atoms in total. The van der Waals surface area contributed by atoms with Gasteiger partial charge in [0.1, 0.15) is 0 Å². The summed E-state index contributed by atoms with van der Waals surface area (Å²) in [5.74, 6) is 0.320. The van der Waals surface area contributed by atoms with Gasteiger partial charge in [-0.05, 0) is 30.2 Å². The van der Waals surface area contributed by atoms with E-state index in [1.165, 1.54) is 30.6 Å². The zero-order valence-electron chi connectivity index (χ0n) is 13.4. The largest absolute Gasteiger partial charge is 0.504 e. The van der Waals surface area contributed by atoms with Crippen molar-refractivity contribution in [2.75, 3.05) is 14.2 Å². The van der Waals surface area contributed by atoms with Crippen LogP contribution in [-0.4, -0.2) is 43.1 Å². The second kappa shape index (κ2) is 6.08. The zero-order chi connectivity index (χ0) is 17.5. The number of aliphatic hydroxyl groups excluding tert-OH is 1. The van der Waals surface area contributed by atoms with Crippen LogP contribution in [0.15, 0.2) is 47.4 Å². The number of fused-ring (bicyclic) bond motifs is 1. The summed E-state index contributed by atoms with van der Waals surface area (Å²) in [5, 5.41) is 20.4. The molecule has 1 aliphatic heterocycles. The lowest BCUT2D eigenvalue weighted by atomic mass is 9.95. The Kier molecular flexibility index (Phi) is 4.25. The molecule has 0 unspecified atom stereocenters. The lowest BCUT2D eigenvalue weighted by molar-refractivity contribution is 0.0891. The van der Waals surface area contributed by atoms with Gasteiger partial charge in [-0.15, -0.1) is 0 Å². The quantitative estimate of drug-likeness (QED) is 0.880. The van der Waals surface area contributed by atoms with Crippen molar-refractivity contribution in [3.63, 3.8) is 0 Å². The van der Waals surface area contributed by atoms with Crippen LogP contribution < -0.4 is 4.74 Å². The predicted octanol–water partition coefficient (Wildman–Crippen LogP) is 1.68. The monoisotopic (exact) mass is 349 g/mol. The van der Waals surface area contributed by atoms with E-state index in [1.807, 2.05) is 0 Å². The smallest absolute Gasteiger partial charge is 0.243 e. The average Bonchev–Trinajstić information content (AvgIpc) is 2.58. The molecule has 0 aromatic heterocycles. The predicted molar refractivity (Wildman–Crippen MR) is 88.5 cm³/mol. The molecule has 128 valence electrons. The van der Waals surface area contributed by atoms with Crippen LogP contribution in [0.3, 0.4) is 0 Å². The maximum absolute atomic E-state index is 12.7. The molecule has 24 heavy (non-hydrogen) atoms. The first-order valence-electron chi connectivity index (χ1n) is 7.47. The minimum absolute atomic E-state index is 0.0109. The summed E-state index contributed by atoms with van der Waals surface area (Å²) < 4.78 is 31.6. The number of methoxy groups -OCH3 is 1. The fourth-order valence-corrected chi connectivity index (χ4v) is 4.62. The van der Waals surface area contributed by atoms with E-state index in [0.29, 0.717) is 17.7 Å². The first kappa shape index (κ1) is 16.8. The fraction of sp³-hybridized carbons (Fsp3) is 0.294. The van der Waals surface area contributed by atoms with Crippen LogP contribution in [0, 0.1) is 0 Å². The van der Waals surface area contributed by atoms with Gasteiger partial charge in [-0.3, -0.25) is 0 Å². The Bertz CT molecular complexity index is 865. The standard InChI is InChI=1S/C17H19NO5S/c1-18-13(9-11-7-8-14(19)15(10-11)23-2)17(20)12-5-3-4-6-16(12)24(18,21)22/h3-8,10,13,17,19-20H,9H2,1-2H3/t13-,17-/m1/s1. The van der Waals surface area contributed by atoms with Gasteiger partial charge in [-0.2, -0.15) is 4.31 Å². The van der Waals surface area contributed by atoms with E-state index in [2.05, 4.69) is 0 Å². The van der Waals surface area contributed by atoms with E-state index >= 15 is 0 Å². The maximum atomic E-state index is 12.7. The Morgan fingerprint density at radius 1 is 1.21 bits per heavy atom. The molecule has 2 aromatic rings. The van der Waals surface area contributed by atoms with Gasteiger partial charge in [0.2, 0.25) is 10.0 Å². The molecule has 2 N–H and O–H groups in total. The molecule has 7 heteroatoms. The number of phenolic OH excluding ortho intramolecular Hbond substituents is 1. The molecule has 0 bridgehead atoms. The lowest BCUT2D eigenvalue weighted by Crippen LogP contribution is -2.46. The summed E-state index contributed by atoms with van der Waals surface area (Å²) in [5.41, 5.74) is 1.17. The van der Waals surface area contributed by atoms with Gasteiger partial charge in [-0.1, -0.05) is 24.3 Å². The van der Waals surface area contributed by atoms with Gasteiger partial charge in [-0.25, -0.2) is 8.42 Å². The number of sulfonamides is 1. The van der Waals surface area contributed by atoms with Gasteiger partial charge in [0.25, 0.3) is 0 Å². The summed E-state index contributed by atoms with van der Waals surface area (Å²) in [6.45, 7) is 0. The van der Waals surface area contributed by atoms with Crippen molar-refractivity contribution in [2.24, 2.45) is 0 Å². The highest BCUT2D eigenvalue weighted by molar-refractivity contribution is 7.89. The van der Waals surface area contributed by atoms with E-state index < -0.39 is 22.2 Å².